The molecule has 0 aliphatic heterocycles. The molecule has 2 N–H and O–H groups in total. The average Bonchev–Trinajstić information content (AvgIpc) is 2.43. The fourth-order valence-corrected chi connectivity index (χ4v) is 2.51. The maximum absolute atomic E-state index is 12.0. The van der Waals surface area contributed by atoms with Gasteiger partial charge < -0.3 is 10.1 Å². The molecule has 0 fully saturated rings. The second kappa shape index (κ2) is 7.97. The topological polar surface area (TPSA) is 84.5 Å². The van der Waals surface area contributed by atoms with Crippen LogP contribution in [-0.2, 0) is 14.8 Å². The first-order valence-corrected chi connectivity index (χ1v) is 7.85. The van der Waals surface area contributed by atoms with Crippen LogP contribution in [0.25, 0.3) is 0 Å². The number of amides is 1. The van der Waals surface area contributed by atoms with Crippen molar-refractivity contribution in [3.63, 3.8) is 0 Å². The summed E-state index contributed by atoms with van der Waals surface area (Å²) >= 11 is 0. The fourth-order valence-electron chi connectivity index (χ4n) is 1.48. The molecule has 0 atom stereocenters. The highest BCUT2D eigenvalue weighted by Crippen LogP contribution is 2.23. The molecule has 1 aromatic carbocycles. The van der Waals surface area contributed by atoms with Crippen molar-refractivity contribution < 1.29 is 31.1 Å². The van der Waals surface area contributed by atoms with E-state index in [-0.39, 0.29) is 30.3 Å². The van der Waals surface area contributed by atoms with Gasteiger partial charge >= 0.3 is 6.36 Å². The summed E-state index contributed by atoms with van der Waals surface area (Å²) in [5.41, 5.74) is 0. The summed E-state index contributed by atoms with van der Waals surface area (Å²) < 4.78 is 65.6. The Bertz CT molecular complexity index is 642. The summed E-state index contributed by atoms with van der Waals surface area (Å²) in [5, 5.41) is 2.47. The van der Waals surface area contributed by atoms with Gasteiger partial charge in [0.15, 0.2) is 0 Å². The molecule has 1 amide bonds. The Kier molecular flexibility index (Phi) is 6.58. The normalized spacial score (nSPS) is 11.8. The van der Waals surface area contributed by atoms with E-state index in [9.17, 15) is 26.4 Å². The summed E-state index contributed by atoms with van der Waals surface area (Å²) in [6.45, 7) is 3.54. The van der Waals surface area contributed by atoms with Crippen molar-refractivity contribution in [1.82, 2.24) is 10.0 Å². The van der Waals surface area contributed by atoms with Crippen LogP contribution in [0.1, 0.15) is 6.42 Å². The van der Waals surface area contributed by atoms with E-state index in [0.717, 1.165) is 24.3 Å². The van der Waals surface area contributed by atoms with Crippen molar-refractivity contribution in [3.05, 3.63) is 36.9 Å². The van der Waals surface area contributed by atoms with Gasteiger partial charge in [-0.3, -0.25) is 4.79 Å². The molecule has 0 saturated heterocycles. The first-order chi connectivity index (χ1) is 10.6. The number of nitrogens with one attached hydrogen (secondary N) is 2. The van der Waals surface area contributed by atoms with Gasteiger partial charge in [-0.1, -0.05) is 6.08 Å². The SMILES string of the molecule is C=CCNC(=O)CCNS(=O)(=O)c1ccc(OC(F)(F)F)cc1. The van der Waals surface area contributed by atoms with Crippen molar-refractivity contribution in [2.75, 3.05) is 13.1 Å². The molecule has 128 valence electrons. The van der Waals surface area contributed by atoms with Crippen molar-refractivity contribution in [2.45, 2.75) is 17.7 Å². The van der Waals surface area contributed by atoms with Crippen molar-refractivity contribution in [1.29, 1.82) is 0 Å². The minimum absolute atomic E-state index is 0.0810. The molecule has 10 heteroatoms. The Labute approximate surface area is 131 Å². The summed E-state index contributed by atoms with van der Waals surface area (Å²) in [6, 6.07) is 3.72. The third kappa shape index (κ3) is 7.15. The monoisotopic (exact) mass is 352 g/mol. The lowest BCUT2D eigenvalue weighted by atomic mass is 10.3. The van der Waals surface area contributed by atoms with Gasteiger partial charge in [0.05, 0.1) is 4.90 Å². The van der Waals surface area contributed by atoms with Crippen molar-refractivity contribution >= 4 is 15.9 Å². The average molecular weight is 352 g/mol. The van der Waals surface area contributed by atoms with Gasteiger partial charge in [0.25, 0.3) is 0 Å². The third-order valence-corrected chi connectivity index (χ3v) is 3.93. The first kappa shape index (κ1) is 19.0. The highest BCUT2D eigenvalue weighted by molar-refractivity contribution is 7.89. The fraction of sp³-hybridized carbons (Fsp3) is 0.308. The van der Waals surface area contributed by atoms with E-state index < -0.39 is 22.1 Å². The molecule has 0 unspecified atom stereocenters. The zero-order valence-electron chi connectivity index (χ0n) is 11.9. The quantitative estimate of drug-likeness (QED) is 0.696. The van der Waals surface area contributed by atoms with Crippen molar-refractivity contribution in [2.24, 2.45) is 0 Å². The standard InChI is InChI=1S/C13H15F3N2O4S/c1-2-8-17-12(19)7-9-18-23(20,21)11-5-3-10(4-6-11)22-13(14,15)16/h2-6,18H,1,7-9H2,(H,17,19). The van der Waals surface area contributed by atoms with Gasteiger partial charge in [-0.15, -0.1) is 19.8 Å². The predicted octanol–water partition coefficient (Wildman–Crippen LogP) is 1.56. The number of carbonyl (C=O) groups is 1. The molecule has 0 aliphatic rings. The molecule has 1 aromatic rings. The van der Waals surface area contributed by atoms with Gasteiger partial charge in [-0.25, -0.2) is 13.1 Å². The second-order valence-electron chi connectivity index (χ2n) is 4.26. The summed E-state index contributed by atoms with van der Waals surface area (Å²) in [7, 11) is -3.92. The summed E-state index contributed by atoms with van der Waals surface area (Å²) in [6.07, 6.45) is -3.45. The van der Waals surface area contributed by atoms with Gasteiger partial charge in [-0.05, 0) is 24.3 Å². The van der Waals surface area contributed by atoms with Crippen molar-refractivity contribution in [3.8, 4) is 5.75 Å². The molecule has 0 radical (unpaired) electrons. The number of halogens is 3. The molecular formula is C13H15F3N2O4S. The van der Waals surface area contributed by atoms with Crippen LogP contribution in [0.3, 0.4) is 0 Å². The molecule has 6 nitrogen and oxygen atoms in total. The maximum atomic E-state index is 12.0. The molecule has 0 aromatic heterocycles. The Morgan fingerprint density at radius 1 is 1.26 bits per heavy atom. The lowest BCUT2D eigenvalue weighted by Gasteiger charge is -2.10. The predicted molar refractivity (Wildman–Crippen MR) is 76.1 cm³/mol. The number of ether oxygens (including phenoxy) is 1. The zero-order valence-corrected chi connectivity index (χ0v) is 12.7. The Balaban J connectivity index is 2.59. The van der Waals surface area contributed by atoms with Gasteiger partial charge in [0, 0.05) is 19.5 Å². The van der Waals surface area contributed by atoms with Crippen LogP contribution >= 0.6 is 0 Å². The molecule has 1 rings (SSSR count). The van der Waals surface area contributed by atoms with Crippen LogP contribution in [0.2, 0.25) is 0 Å². The maximum Gasteiger partial charge on any atom is 0.573 e. The number of carbonyl (C=O) groups excluding carboxylic acids is 1. The van der Waals surface area contributed by atoms with Crippen LogP contribution in [0.15, 0.2) is 41.8 Å². The van der Waals surface area contributed by atoms with E-state index >= 15 is 0 Å². The third-order valence-electron chi connectivity index (χ3n) is 2.46. The molecular weight excluding hydrogens is 337 g/mol. The van der Waals surface area contributed by atoms with E-state index in [1.54, 1.807) is 0 Å². The Morgan fingerprint density at radius 2 is 1.87 bits per heavy atom. The number of sulfonamides is 1. The minimum Gasteiger partial charge on any atom is -0.406 e. The van der Waals surface area contributed by atoms with Gasteiger partial charge in [0.1, 0.15) is 5.75 Å². The molecule has 23 heavy (non-hydrogen) atoms. The van der Waals surface area contributed by atoms with E-state index in [1.165, 1.54) is 6.08 Å². The smallest absolute Gasteiger partial charge is 0.406 e. The highest BCUT2D eigenvalue weighted by atomic mass is 32.2. The van der Waals surface area contributed by atoms with Gasteiger partial charge in [-0.2, -0.15) is 0 Å². The van der Waals surface area contributed by atoms with Crippen LogP contribution < -0.4 is 14.8 Å². The minimum atomic E-state index is -4.85. The van der Waals surface area contributed by atoms with Crippen LogP contribution in [0, 0.1) is 0 Å². The summed E-state index contributed by atoms with van der Waals surface area (Å²) in [5.74, 6) is -0.887. The number of hydrogen-bond donors (Lipinski definition) is 2. The lowest BCUT2D eigenvalue weighted by molar-refractivity contribution is -0.274. The Morgan fingerprint density at radius 3 is 2.39 bits per heavy atom. The van der Waals surface area contributed by atoms with E-state index in [0.29, 0.717) is 0 Å². The van der Waals surface area contributed by atoms with Crippen LogP contribution in [-0.4, -0.2) is 33.8 Å². The molecule has 0 aliphatic carbocycles. The molecule has 0 heterocycles. The highest BCUT2D eigenvalue weighted by Gasteiger charge is 2.31. The number of alkyl halides is 3. The molecule has 0 spiro atoms. The van der Waals surface area contributed by atoms with E-state index in [2.05, 4.69) is 21.4 Å². The van der Waals surface area contributed by atoms with Crippen LogP contribution in [0.4, 0.5) is 13.2 Å². The number of benzene rings is 1. The Hall–Kier alpha value is -2.07. The largest absolute Gasteiger partial charge is 0.573 e. The number of rotatable bonds is 8. The number of hydrogen-bond acceptors (Lipinski definition) is 4. The zero-order chi connectivity index (χ0) is 17.5. The van der Waals surface area contributed by atoms with Crippen LogP contribution in [0.5, 0.6) is 5.75 Å². The second-order valence-corrected chi connectivity index (χ2v) is 6.03. The molecule has 0 saturated carbocycles. The lowest BCUT2D eigenvalue weighted by Crippen LogP contribution is -2.30. The van der Waals surface area contributed by atoms with E-state index in [1.807, 2.05) is 0 Å². The first-order valence-electron chi connectivity index (χ1n) is 6.37. The molecule has 0 bridgehead atoms. The summed E-state index contributed by atoms with van der Waals surface area (Å²) in [4.78, 5) is 11.0. The van der Waals surface area contributed by atoms with E-state index in [4.69, 9.17) is 0 Å². The van der Waals surface area contributed by atoms with Gasteiger partial charge in [0.2, 0.25) is 15.9 Å².